The lowest BCUT2D eigenvalue weighted by molar-refractivity contribution is -0.121. The first-order valence-electron chi connectivity index (χ1n) is 8.61. The van der Waals surface area contributed by atoms with Crippen LogP contribution in [0.2, 0.25) is 0 Å². The molecular weight excluding hydrogens is 363 g/mol. The lowest BCUT2D eigenvalue weighted by Gasteiger charge is -2.31. The maximum Gasteiger partial charge on any atom is 0.220 e. The summed E-state index contributed by atoms with van der Waals surface area (Å²) >= 11 is 0. The van der Waals surface area contributed by atoms with Gasteiger partial charge in [0.25, 0.3) is 0 Å². The van der Waals surface area contributed by atoms with Gasteiger partial charge in [-0.05, 0) is 59.0 Å². The average Bonchev–Trinajstić information content (AvgIpc) is 2.82. The van der Waals surface area contributed by atoms with Gasteiger partial charge in [-0.15, -0.1) is 24.8 Å². The highest BCUT2D eigenvalue weighted by atomic mass is 35.5. The standard InChI is InChI=1S/C17H30N4O2.2ClH/c1-12(18)4-5-16(22)19-10-15-6-8-21(9-7-15)11-17-20-13(2)14(3)23-17;;/h12,15H,4-11,18H2,1-3H3,(H,19,22);2*1H. The number of carbonyl (C=O) groups excluding carboxylic acids is 1. The van der Waals surface area contributed by atoms with E-state index in [1.165, 1.54) is 0 Å². The van der Waals surface area contributed by atoms with Crippen LogP contribution in [0.15, 0.2) is 4.42 Å². The van der Waals surface area contributed by atoms with Gasteiger partial charge in [-0.3, -0.25) is 9.69 Å². The largest absolute Gasteiger partial charge is 0.444 e. The summed E-state index contributed by atoms with van der Waals surface area (Å²) in [5.74, 6) is 2.40. The summed E-state index contributed by atoms with van der Waals surface area (Å²) in [6.45, 7) is 9.47. The summed E-state index contributed by atoms with van der Waals surface area (Å²) in [4.78, 5) is 18.5. The molecule has 0 aliphatic carbocycles. The summed E-state index contributed by atoms with van der Waals surface area (Å²) in [7, 11) is 0. The molecule has 3 N–H and O–H groups in total. The number of nitrogens with zero attached hydrogens (tertiary/aromatic N) is 2. The van der Waals surface area contributed by atoms with Crippen molar-refractivity contribution in [3.05, 3.63) is 17.3 Å². The Hall–Kier alpha value is -0.820. The Morgan fingerprint density at radius 1 is 1.36 bits per heavy atom. The topological polar surface area (TPSA) is 84.4 Å². The number of carbonyl (C=O) groups is 1. The summed E-state index contributed by atoms with van der Waals surface area (Å²) in [6.07, 6.45) is 3.48. The van der Waals surface area contributed by atoms with Crippen LogP contribution in [0.5, 0.6) is 0 Å². The molecule has 0 radical (unpaired) electrons. The monoisotopic (exact) mass is 394 g/mol. The molecule has 1 aromatic heterocycles. The quantitative estimate of drug-likeness (QED) is 0.742. The van der Waals surface area contributed by atoms with E-state index in [1.54, 1.807) is 0 Å². The highest BCUT2D eigenvalue weighted by molar-refractivity contribution is 5.85. The van der Waals surface area contributed by atoms with E-state index in [2.05, 4.69) is 15.2 Å². The Morgan fingerprint density at radius 3 is 2.52 bits per heavy atom. The fourth-order valence-corrected chi connectivity index (χ4v) is 2.85. The van der Waals surface area contributed by atoms with Crippen LogP contribution >= 0.6 is 24.8 Å². The van der Waals surface area contributed by atoms with Crippen molar-refractivity contribution in [1.82, 2.24) is 15.2 Å². The second-order valence-electron chi connectivity index (χ2n) is 6.79. The second kappa shape index (κ2) is 11.7. The number of piperidine rings is 1. The van der Waals surface area contributed by atoms with Crippen LogP contribution in [0, 0.1) is 19.8 Å². The highest BCUT2D eigenvalue weighted by Crippen LogP contribution is 2.19. The van der Waals surface area contributed by atoms with Crippen molar-refractivity contribution in [2.45, 2.75) is 59.0 Å². The SMILES string of the molecule is Cc1nc(CN2CCC(CNC(=O)CCC(C)N)CC2)oc1C.Cl.Cl. The molecule has 1 saturated heterocycles. The molecule has 1 atom stereocenters. The van der Waals surface area contributed by atoms with Crippen LogP contribution in [0.3, 0.4) is 0 Å². The molecule has 6 nitrogen and oxygen atoms in total. The van der Waals surface area contributed by atoms with Crippen molar-refractivity contribution in [2.24, 2.45) is 11.7 Å². The number of likely N-dealkylation sites (tertiary alicyclic amines) is 1. The third-order valence-electron chi connectivity index (χ3n) is 4.55. The molecule has 0 spiro atoms. The maximum absolute atomic E-state index is 11.7. The van der Waals surface area contributed by atoms with Gasteiger partial charge >= 0.3 is 0 Å². The van der Waals surface area contributed by atoms with Crippen LogP contribution in [-0.2, 0) is 11.3 Å². The Morgan fingerprint density at radius 2 is 2.00 bits per heavy atom. The molecule has 2 rings (SSSR count). The number of aryl methyl sites for hydroxylation is 2. The van der Waals surface area contributed by atoms with Gasteiger partial charge in [0.05, 0.1) is 12.2 Å². The number of nitrogens with two attached hydrogens (primary N) is 1. The number of oxazole rings is 1. The molecule has 146 valence electrons. The molecule has 2 heterocycles. The Kier molecular flexibility index (Phi) is 11.3. The predicted molar refractivity (Wildman–Crippen MR) is 104 cm³/mol. The minimum atomic E-state index is 0. The van der Waals surface area contributed by atoms with Crippen LogP contribution < -0.4 is 11.1 Å². The molecule has 25 heavy (non-hydrogen) atoms. The van der Waals surface area contributed by atoms with Crippen molar-refractivity contribution >= 4 is 30.7 Å². The first-order valence-corrected chi connectivity index (χ1v) is 8.61. The molecule has 1 unspecified atom stereocenters. The highest BCUT2D eigenvalue weighted by Gasteiger charge is 2.21. The van der Waals surface area contributed by atoms with Crippen LogP contribution in [0.25, 0.3) is 0 Å². The van der Waals surface area contributed by atoms with Crippen molar-refractivity contribution in [3.8, 4) is 0 Å². The molecule has 1 amide bonds. The Labute approximate surface area is 163 Å². The number of hydrogen-bond acceptors (Lipinski definition) is 5. The van der Waals surface area contributed by atoms with Gasteiger partial charge in [-0.1, -0.05) is 0 Å². The minimum absolute atomic E-state index is 0. The van der Waals surface area contributed by atoms with Crippen molar-refractivity contribution < 1.29 is 9.21 Å². The van der Waals surface area contributed by atoms with Crippen molar-refractivity contribution in [3.63, 3.8) is 0 Å². The maximum atomic E-state index is 11.7. The third kappa shape index (κ3) is 8.40. The molecule has 8 heteroatoms. The second-order valence-corrected chi connectivity index (χ2v) is 6.79. The average molecular weight is 395 g/mol. The van der Waals surface area contributed by atoms with Crippen LogP contribution in [0.4, 0.5) is 0 Å². The number of hydrogen-bond donors (Lipinski definition) is 2. The number of rotatable bonds is 7. The van der Waals surface area contributed by atoms with E-state index < -0.39 is 0 Å². The van der Waals surface area contributed by atoms with E-state index in [1.807, 2.05) is 20.8 Å². The van der Waals surface area contributed by atoms with E-state index in [4.69, 9.17) is 10.2 Å². The number of nitrogens with one attached hydrogen (secondary N) is 1. The van der Waals surface area contributed by atoms with E-state index in [0.29, 0.717) is 12.3 Å². The lowest BCUT2D eigenvalue weighted by Crippen LogP contribution is -2.38. The van der Waals surface area contributed by atoms with E-state index >= 15 is 0 Å². The van der Waals surface area contributed by atoms with E-state index in [0.717, 1.165) is 62.8 Å². The molecule has 1 aliphatic heterocycles. The Bertz CT molecular complexity index is 495. The zero-order valence-corrected chi connectivity index (χ0v) is 17.0. The molecule has 1 fully saturated rings. The smallest absolute Gasteiger partial charge is 0.220 e. The van der Waals surface area contributed by atoms with Crippen LogP contribution in [0.1, 0.15) is 50.0 Å². The lowest BCUT2D eigenvalue weighted by atomic mass is 9.96. The predicted octanol–water partition coefficient (Wildman–Crippen LogP) is 2.59. The van der Waals surface area contributed by atoms with Gasteiger partial charge in [0, 0.05) is 19.0 Å². The fraction of sp³-hybridized carbons (Fsp3) is 0.765. The van der Waals surface area contributed by atoms with Gasteiger partial charge in [0.1, 0.15) is 5.76 Å². The van der Waals surface area contributed by atoms with Gasteiger partial charge < -0.3 is 15.5 Å². The number of amides is 1. The third-order valence-corrected chi connectivity index (χ3v) is 4.55. The number of halogens is 2. The molecular formula is C17H32Cl2N4O2. The summed E-state index contributed by atoms with van der Waals surface area (Å²) in [5.41, 5.74) is 6.65. The first kappa shape index (κ1) is 24.2. The van der Waals surface area contributed by atoms with Gasteiger partial charge in [0.15, 0.2) is 0 Å². The van der Waals surface area contributed by atoms with Crippen molar-refractivity contribution in [2.75, 3.05) is 19.6 Å². The summed E-state index contributed by atoms with van der Waals surface area (Å²) in [6, 6.07) is 0.0893. The van der Waals surface area contributed by atoms with Crippen LogP contribution in [-0.4, -0.2) is 41.5 Å². The van der Waals surface area contributed by atoms with Gasteiger partial charge in [0.2, 0.25) is 11.8 Å². The Balaban J connectivity index is 0.00000288. The molecule has 0 saturated carbocycles. The fourth-order valence-electron chi connectivity index (χ4n) is 2.85. The zero-order valence-electron chi connectivity index (χ0n) is 15.4. The molecule has 1 aromatic rings. The van der Waals surface area contributed by atoms with Gasteiger partial charge in [-0.25, -0.2) is 4.98 Å². The summed E-state index contributed by atoms with van der Waals surface area (Å²) < 4.78 is 5.65. The minimum Gasteiger partial charge on any atom is -0.444 e. The number of aromatic nitrogens is 1. The molecule has 0 bridgehead atoms. The first-order chi connectivity index (χ1) is 10.9. The summed E-state index contributed by atoms with van der Waals surface area (Å²) in [5, 5.41) is 3.04. The molecule has 1 aliphatic rings. The zero-order chi connectivity index (χ0) is 16.8. The normalized spacial score (nSPS) is 16.6. The van der Waals surface area contributed by atoms with Crippen molar-refractivity contribution in [1.29, 1.82) is 0 Å². The van der Waals surface area contributed by atoms with E-state index in [9.17, 15) is 4.79 Å². The van der Waals surface area contributed by atoms with E-state index in [-0.39, 0.29) is 36.8 Å². The van der Waals surface area contributed by atoms with Gasteiger partial charge in [-0.2, -0.15) is 0 Å². The molecule has 0 aromatic carbocycles.